The van der Waals surface area contributed by atoms with E-state index >= 15 is 0 Å². The van der Waals surface area contributed by atoms with Gasteiger partial charge in [-0.05, 0) is 17.7 Å². The largest absolute Gasteiger partial charge is 0.468 e. The molecule has 2 heterocycles. The molecule has 0 spiro atoms. The normalized spacial score (nSPS) is 29.9. The van der Waals surface area contributed by atoms with E-state index < -0.39 is 48.0 Å². The predicted molar refractivity (Wildman–Crippen MR) is 87.8 cm³/mol. The number of fused-ring (bicyclic) bond motifs is 1. The van der Waals surface area contributed by atoms with Crippen molar-refractivity contribution in [2.75, 3.05) is 27.4 Å². The van der Waals surface area contributed by atoms with Gasteiger partial charge in [0.15, 0.2) is 5.78 Å². The van der Waals surface area contributed by atoms with Gasteiger partial charge in [0.05, 0.1) is 18.9 Å². The minimum absolute atomic E-state index is 0.271. The van der Waals surface area contributed by atoms with E-state index in [4.69, 9.17) is 18.9 Å². The Morgan fingerprint density at radius 2 is 2.11 bits per heavy atom. The minimum atomic E-state index is -1.13. The molecule has 2 saturated heterocycles. The van der Waals surface area contributed by atoms with Crippen molar-refractivity contribution >= 4 is 17.7 Å². The molecule has 3 rings (SSSR count). The van der Waals surface area contributed by atoms with Crippen LogP contribution >= 0.6 is 0 Å². The molecule has 0 saturated carbocycles. The summed E-state index contributed by atoms with van der Waals surface area (Å²) in [6, 6.07) is 4.16. The van der Waals surface area contributed by atoms with E-state index in [2.05, 4.69) is 5.32 Å². The van der Waals surface area contributed by atoms with E-state index in [1.165, 1.54) is 32.4 Å². The fourth-order valence-electron chi connectivity index (χ4n) is 3.69. The molecule has 5 atom stereocenters. The van der Waals surface area contributed by atoms with E-state index in [1.54, 1.807) is 6.07 Å². The lowest BCUT2D eigenvalue weighted by Crippen LogP contribution is -2.50. The Kier molecular flexibility index (Phi) is 5.83. The summed E-state index contributed by atoms with van der Waals surface area (Å²) < 4.78 is 33.9. The second-order valence-corrected chi connectivity index (χ2v) is 6.37. The number of Topliss-reactive ketones (excluding diaryl/α,β-unsaturated/α-hetero) is 1. The molecule has 146 valence electrons. The molecule has 9 heteroatoms. The predicted octanol–water partition coefficient (Wildman–Crippen LogP) is 0.359. The van der Waals surface area contributed by atoms with Gasteiger partial charge in [-0.3, -0.25) is 14.9 Å². The first-order chi connectivity index (χ1) is 13.0. The quantitative estimate of drug-likeness (QED) is 0.730. The number of nitrogens with one attached hydrogen (secondary N) is 1. The van der Waals surface area contributed by atoms with Crippen LogP contribution in [0.5, 0.6) is 0 Å². The number of carbonyl (C=O) groups excluding carboxylic acids is 3. The molecule has 2 aliphatic rings. The number of methoxy groups -OCH3 is 2. The fourth-order valence-corrected chi connectivity index (χ4v) is 3.69. The highest BCUT2D eigenvalue weighted by Gasteiger charge is 2.57. The van der Waals surface area contributed by atoms with E-state index in [9.17, 15) is 18.8 Å². The molecule has 0 bridgehead atoms. The van der Waals surface area contributed by atoms with Gasteiger partial charge in [0.25, 0.3) is 0 Å². The van der Waals surface area contributed by atoms with Crippen LogP contribution in [-0.2, 0) is 33.3 Å². The van der Waals surface area contributed by atoms with E-state index in [-0.39, 0.29) is 19.0 Å². The lowest BCUT2D eigenvalue weighted by Gasteiger charge is -2.34. The molecule has 1 aromatic rings. The van der Waals surface area contributed by atoms with Gasteiger partial charge >= 0.3 is 11.9 Å². The number of ketones is 1. The number of hydrogen-bond acceptors (Lipinski definition) is 8. The van der Waals surface area contributed by atoms with Gasteiger partial charge in [-0.25, -0.2) is 9.18 Å². The zero-order chi connectivity index (χ0) is 19.6. The third-order valence-electron chi connectivity index (χ3n) is 4.77. The highest BCUT2D eigenvalue weighted by Crippen LogP contribution is 2.43. The van der Waals surface area contributed by atoms with E-state index in [1.807, 2.05) is 0 Å². The summed E-state index contributed by atoms with van der Waals surface area (Å²) in [5.74, 6) is -3.61. The number of carbonyl (C=O) groups is 3. The highest BCUT2D eigenvalue weighted by atomic mass is 19.1. The maximum Gasteiger partial charge on any atom is 0.334 e. The van der Waals surface area contributed by atoms with E-state index in [0.29, 0.717) is 5.56 Å². The Labute approximate surface area is 154 Å². The van der Waals surface area contributed by atoms with Crippen molar-refractivity contribution < 1.29 is 37.7 Å². The lowest BCUT2D eigenvalue weighted by atomic mass is 9.79. The van der Waals surface area contributed by atoms with Gasteiger partial charge < -0.3 is 18.9 Å². The topological polar surface area (TPSA) is 100 Å². The van der Waals surface area contributed by atoms with Crippen LogP contribution in [0.2, 0.25) is 0 Å². The first-order valence-corrected chi connectivity index (χ1v) is 8.38. The van der Waals surface area contributed by atoms with Gasteiger partial charge in [-0.15, -0.1) is 0 Å². The lowest BCUT2D eigenvalue weighted by molar-refractivity contribution is -0.213. The summed E-state index contributed by atoms with van der Waals surface area (Å²) in [5.41, 5.74) is 0.508. The molecule has 8 nitrogen and oxygen atoms in total. The maximum atomic E-state index is 13.7. The molecular formula is C18H20FNO7. The summed E-state index contributed by atoms with van der Waals surface area (Å²) in [7, 11) is 2.55. The number of rotatable bonds is 5. The SMILES string of the molecule is COCC(=O)O[C@H]1OCC(=O)[C@H]2[C@@H]1[C@@H](C(=O)OC)N[C@H]2c1cccc(F)c1. The van der Waals surface area contributed by atoms with Crippen molar-refractivity contribution in [2.24, 2.45) is 11.8 Å². The smallest absolute Gasteiger partial charge is 0.334 e. The molecule has 2 aliphatic heterocycles. The summed E-state index contributed by atoms with van der Waals surface area (Å²) in [6.07, 6.45) is -1.13. The Morgan fingerprint density at radius 1 is 1.33 bits per heavy atom. The molecule has 2 fully saturated rings. The number of benzene rings is 1. The van der Waals surface area contributed by atoms with Crippen LogP contribution in [0.3, 0.4) is 0 Å². The van der Waals surface area contributed by atoms with Crippen molar-refractivity contribution in [1.82, 2.24) is 5.32 Å². The van der Waals surface area contributed by atoms with Crippen molar-refractivity contribution in [1.29, 1.82) is 0 Å². The maximum absolute atomic E-state index is 13.7. The van der Waals surface area contributed by atoms with Crippen molar-refractivity contribution in [2.45, 2.75) is 18.4 Å². The average molecular weight is 381 g/mol. The first-order valence-electron chi connectivity index (χ1n) is 8.38. The monoisotopic (exact) mass is 381 g/mol. The third kappa shape index (κ3) is 3.85. The van der Waals surface area contributed by atoms with Crippen LogP contribution in [0.4, 0.5) is 4.39 Å². The Balaban J connectivity index is 1.95. The first kappa shape index (κ1) is 19.4. The van der Waals surface area contributed by atoms with Crippen molar-refractivity contribution in [3.63, 3.8) is 0 Å². The van der Waals surface area contributed by atoms with Crippen molar-refractivity contribution in [3.05, 3.63) is 35.6 Å². The summed E-state index contributed by atoms with van der Waals surface area (Å²) in [6.45, 7) is -0.581. The molecule has 0 radical (unpaired) electrons. The highest BCUT2D eigenvalue weighted by molar-refractivity contribution is 5.87. The van der Waals surface area contributed by atoms with Gasteiger partial charge in [-0.2, -0.15) is 0 Å². The standard InChI is InChI=1S/C18H20FNO7/c1-24-8-12(22)27-18-14-13(11(21)7-26-18)15(20-16(14)17(23)25-2)9-4-3-5-10(19)6-9/h3-6,13-16,18,20H,7-8H2,1-2H3/t13-,14+,15-,16-,18+/m0/s1. The van der Waals surface area contributed by atoms with Crippen LogP contribution in [0.25, 0.3) is 0 Å². The van der Waals surface area contributed by atoms with Gasteiger partial charge in [-0.1, -0.05) is 12.1 Å². The van der Waals surface area contributed by atoms with Crippen LogP contribution in [-0.4, -0.2) is 57.5 Å². The molecule has 1 aromatic carbocycles. The minimum Gasteiger partial charge on any atom is -0.468 e. The van der Waals surface area contributed by atoms with Gasteiger partial charge in [0.2, 0.25) is 6.29 Å². The van der Waals surface area contributed by atoms with Gasteiger partial charge in [0, 0.05) is 13.2 Å². The Morgan fingerprint density at radius 3 is 2.78 bits per heavy atom. The second-order valence-electron chi connectivity index (χ2n) is 6.37. The Bertz CT molecular complexity index is 740. The fraction of sp³-hybridized carbons (Fsp3) is 0.500. The molecule has 27 heavy (non-hydrogen) atoms. The zero-order valence-corrected chi connectivity index (χ0v) is 14.8. The van der Waals surface area contributed by atoms with E-state index in [0.717, 1.165) is 0 Å². The Hall–Kier alpha value is -2.36. The molecular weight excluding hydrogens is 361 g/mol. The summed E-state index contributed by atoms with van der Waals surface area (Å²) in [4.78, 5) is 36.7. The average Bonchev–Trinajstić information content (AvgIpc) is 3.05. The van der Waals surface area contributed by atoms with Crippen molar-refractivity contribution in [3.8, 4) is 0 Å². The third-order valence-corrected chi connectivity index (χ3v) is 4.77. The zero-order valence-electron chi connectivity index (χ0n) is 14.8. The molecule has 0 amide bonds. The van der Waals surface area contributed by atoms with Crippen LogP contribution < -0.4 is 5.32 Å². The molecule has 0 unspecified atom stereocenters. The van der Waals surface area contributed by atoms with Crippen LogP contribution in [0, 0.1) is 17.7 Å². The number of halogens is 1. The van der Waals surface area contributed by atoms with Gasteiger partial charge in [0.1, 0.15) is 25.1 Å². The summed E-state index contributed by atoms with van der Waals surface area (Å²) in [5, 5.41) is 3.03. The van der Waals surface area contributed by atoms with Crippen LogP contribution in [0.15, 0.2) is 24.3 Å². The molecule has 0 aromatic heterocycles. The molecule has 0 aliphatic carbocycles. The molecule has 1 N–H and O–H groups in total. The van der Waals surface area contributed by atoms with Crippen LogP contribution in [0.1, 0.15) is 11.6 Å². The second kappa shape index (κ2) is 8.12. The summed E-state index contributed by atoms with van der Waals surface area (Å²) >= 11 is 0. The number of esters is 2. The number of hydrogen-bond donors (Lipinski definition) is 1. The number of ether oxygens (including phenoxy) is 4.